The summed E-state index contributed by atoms with van der Waals surface area (Å²) >= 11 is 7.90. The first kappa shape index (κ1) is 13.7. The largest absolute Gasteiger partial charge is 0.368 e. The van der Waals surface area contributed by atoms with Crippen LogP contribution in [0.25, 0.3) is 0 Å². The Labute approximate surface area is 126 Å². The third-order valence-electron chi connectivity index (χ3n) is 2.17. The van der Waals surface area contributed by atoms with E-state index in [2.05, 4.69) is 37.9 Å². The van der Waals surface area contributed by atoms with E-state index in [1.807, 2.05) is 0 Å². The van der Waals surface area contributed by atoms with Crippen LogP contribution in [-0.2, 0) is 0 Å². The monoisotopic (exact) mass is 391 g/mol. The number of aromatic nitrogens is 2. The molecule has 1 heterocycles. The summed E-state index contributed by atoms with van der Waals surface area (Å²) in [5.41, 5.74) is 5.83. The molecule has 19 heavy (non-hydrogen) atoms. The van der Waals surface area contributed by atoms with Crippen molar-refractivity contribution in [1.29, 1.82) is 0 Å². The Morgan fingerprint density at radius 2 is 2.21 bits per heavy atom. The highest BCUT2D eigenvalue weighted by Gasteiger charge is 2.17. The van der Waals surface area contributed by atoms with Crippen molar-refractivity contribution < 1.29 is 4.92 Å². The lowest BCUT2D eigenvalue weighted by atomic mass is 10.3. The number of nitrogen functional groups attached to an aromatic ring is 1. The molecule has 1 aromatic heterocycles. The van der Waals surface area contributed by atoms with Crippen LogP contribution in [-0.4, -0.2) is 14.9 Å². The molecule has 9 heteroatoms. The molecule has 2 rings (SSSR count). The van der Waals surface area contributed by atoms with Crippen molar-refractivity contribution in [3.63, 3.8) is 0 Å². The Morgan fingerprint density at radius 1 is 1.47 bits per heavy atom. The summed E-state index contributed by atoms with van der Waals surface area (Å²) in [7, 11) is 0. The third kappa shape index (κ3) is 3.20. The van der Waals surface area contributed by atoms with E-state index in [1.165, 1.54) is 0 Å². The van der Waals surface area contributed by atoms with Gasteiger partial charge in [0.05, 0.1) is 10.6 Å². The maximum absolute atomic E-state index is 10.9. The van der Waals surface area contributed by atoms with Crippen LogP contribution in [0.4, 0.5) is 23.1 Å². The zero-order valence-corrected chi connectivity index (χ0v) is 12.2. The number of hydrogen-bond acceptors (Lipinski definition) is 6. The topological polar surface area (TPSA) is 107 Å². The fraction of sp³-hybridized carbons (Fsp3) is 0. The number of nitro groups is 1. The number of nitrogens with one attached hydrogen (secondary N) is 1. The van der Waals surface area contributed by atoms with Crippen molar-refractivity contribution in [2.45, 2.75) is 0 Å². The second-order valence-electron chi connectivity index (χ2n) is 3.47. The van der Waals surface area contributed by atoms with Gasteiger partial charge in [-0.1, -0.05) is 11.6 Å². The molecular weight excluding hydrogens is 384 g/mol. The zero-order chi connectivity index (χ0) is 14.0. The Morgan fingerprint density at radius 3 is 2.84 bits per heavy atom. The van der Waals surface area contributed by atoms with Crippen molar-refractivity contribution >= 4 is 57.3 Å². The summed E-state index contributed by atoms with van der Waals surface area (Å²) < 4.78 is 0.802. The number of nitrogens with zero attached hydrogens (tertiary/aromatic N) is 3. The number of rotatable bonds is 3. The zero-order valence-electron chi connectivity index (χ0n) is 9.30. The molecule has 7 nitrogen and oxygen atoms in total. The van der Waals surface area contributed by atoms with Gasteiger partial charge in [0, 0.05) is 8.59 Å². The van der Waals surface area contributed by atoms with Crippen LogP contribution in [0.15, 0.2) is 24.4 Å². The van der Waals surface area contributed by atoms with Gasteiger partial charge in [0.25, 0.3) is 0 Å². The molecule has 0 aliphatic rings. The maximum atomic E-state index is 10.9. The van der Waals surface area contributed by atoms with Gasteiger partial charge >= 0.3 is 5.69 Å². The number of nitrogens with two attached hydrogens (primary N) is 1. The smallest absolute Gasteiger partial charge is 0.329 e. The minimum absolute atomic E-state index is 0.0396. The molecule has 0 atom stereocenters. The van der Waals surface area contributed by atoms with Crippen LogP contribution in [0.3, 0.4) is 0 Å². The number of benzene rings is 1. The van der Waals surface area contributed by atoms with Crippen molar-refractivity contribution in [2.75, 3.05) is 11.1 Å². The highest BCUT2D eigenvalue weighted by atomic mass is 127. The van der Waals surface area contributed by atoms with Crippen LogP contribution in [0, 0.1) is 13.7 Å². The van der Waals surface area contributed by atoms with E-state index in [9.17, 15) is 10.1 Å². The van der Waals surface area contributed by atoms with E-state index >= 15 is 0 Å². The lowest BCUT2D eigenvalue weighted by Gasteiger charge is -2.08. The van der Waals surface area contributed by atoms with Crippen molar-refractivity contribution in [3.8, 4) is 0 Å². The van der Waals surface area contributed by atoms with E-state index in [4.69, 9.17) is 17.3 Å². The van der Waals surface area contributed by atoms with E-state index in [0.717, 1.165) is 9.77 Å². The summed E-state index contributed by atoms with van der Waals surface area (Å²) in [5, 5.41) is 14.3. The third-order valence-corrected chi connectivity index (χ3v) is 3.30. The van der Waals surface area contributed by atoms with Gasteiger partial charge in [0.1, 0.15) is 6.20 Å². The van der Waals surface area contributed by atoms with Crippen LogP contribution in [0.5, 0.6) is 0 Å². The SMILES string of the molecule is Nc1ncc([N+](=O)[O-])c(Nc2ccc(Cl)cc2I)n1. The summed E-state index contributed by atoms with van der Waals surface area (Å²) in [6, 6.07) is 5.09. The molecule has 1 aromatic carbocycles. The van der Waals surface area contributed by atoms with Gasteiger partial charge in [-0.05, 0) is 40.8 Å². The molecule has 0 spiro atoms. The summed E-state index contributed by atoms with van der Waals surface area (Å²) in [4.78, 5) is 17.7. The van der Waals surface area contributed by atoms with Gasteiger partial charge in [0.15, 0.2) is 0 Å². The fourth-order valence-electron chi connectivity index (χ4n) is 1.33. The second-order valence-corrected chi connectivity index (χ2v) is 5.07. The first-order valence-corrected chi connectivity index (χ1v) is 6.42. The standard InChI is InChI=1S/C10H7ClIN5O2/c11-5-1-2-7(6(12)3-5)15-9-8(17(18)19)4-14-10(13)16-9/h1-4H,(H3,13,14,15,16). The molecule has 0 unspecified atom stereocenters. The molecule has 2 aromatic rings. The molecule has 3 N–H and O–H groups in total. The molecule has 98 valence electrons. The van der Waals surface area contributed by atoms with Gasteiger partial charge < -0.3 is 11.1 Å². The Balaban J connectivity index is 2.42. The van der Waals surface area contributed by atoms with E-state index in [-0.39, 0.29) is 17.5 Å². The highest BCUT2D eigenvalue weighted by Crippen LogP contribution is 2.29. The molecule has 0 bridgehead atoms. The first-order chi connectivity index (χ1) is 8.97. The maximum Gasteiger partial charge on any atom is 0.329 e. The van der Waals surface area contributed by atoms with Gasteiger partial charge in [-0.15, -0.1) is 0 Å². The van der Waals surface area contributed by atoms with E-state index in [1.54, 1.807) is 18.2 Å². The van der Waals surface area contributed by atoms with Gasteiger partial charge in [-0.3, -0.25) is 10.1 Å². The second kappa shape index (κ2) is 5.53. The summed E-state index contributed by atoms with van der Waals surface area (Å²) in [6.45, 7) is 0. The average Bonchev–Trinajstić information content (AvgIpc) is 2.32. The first-order valence-electron chi connectivity index (χ1n) is 4.96. The highest BCUT2D eigenvalue weighted by molar-refractivity contribution is 14.1. The summed E-state index contributed by atoms with van der Waals surface area (Å²) in [6.07, 6.45) is 1.06. The summed E-state index contributed by atoms with van der Waals surface area (Å²) in [5.74, 6) is -0.00481. The fourth-order valence-corrected chi connectivity index (χ4v) is 2.34. The van der Waals surface area contributed by atoms with E-state index < -0.39 is 4.92 Å². The van der Waals surface area contributed by atoms with Crippen molar-refractivity contribution in [1.82, 2.24) is 9.97 Å². The molecule has 0 aliphatic carbocycles. The number of hydrogen-bond donors (Lipinski definition) is 2. The number of halogens is 2. The predicted molar refractivity (Wildman–Crippen MR) is 80.6 cm³/mol. The average molecular weight is 392 g/mol. The van der Waals surface area contributed by atoms with Gasteiger partial charge in [0.2, 0.25) is 11.8 Å². The molecular formula is C10H7ClIN5O2. The van der Waals surface area contributed by atoms with Gasteiger partial charge in [-0.25, -0.2) is 4.98 Å². The Bertz CT molecular complexity index is 652. The molecule has 0 aliphatic heterocycles. The van der Waals surface area contributed by atoms with Crippen LogP contribution in [0.1, 0.15) is 0 Å². The molecule has 0 fully saturated rings. The minimum atomic E-state index is -0.579. The van der Waals surface area contributed by atoms with E-state index in [0.29, 0.717) is 10.7 Å². The van der Waals surface area contributed by atoms with Crippen LogP contribution < -0.4 is 11.1 Å². The van der Waals surface area contributed by atoms with Crippen LogP contribution >= 0.6 is 34.2 Å². The van der Waals surface area contributed by atoms with Crippen LogP contribution in [0.2, 0.25) is 5.02 Å². The molecule has 0 amide bonds. The van der Waals surface area contributed by atoms with Gasteiger partial charge in [-0.2, -0.15) is 4.98 Å². The Kier molecular flexibility index (Phi) is 4.00. The molecule has 0 saturated heterocycles. The minimum Gasteiger partial charge on any atom is -0.368 e. The quantitative estimate of drug-likeness (QED) is 0.473. The lowest BCUT2D eigenvalue weighted by molar-refractivity contribution is -0.384. The molecule has 0 saturated carbocycles. The Hall–Kier alpha value is -1.68. The van der Waals surface area contributed by atoms with Crippen molar-refractivity contribution in [2.24, 2.45) is 0 Å². The molecule has 0 radical (unpaired) electrons. The predicted octanol–water partition coefficient (Wildman–Crippen LogP) is 2.97. The normalized spacial score (nSPS) is 10.2. The lowest BCUT2D eigenvalue weighted by Crippen LogP contribution is -2.04. The number of anilines is 3. The van der Waals surface area contributed by atoms with Crippen molar-refractivity contribution in [3.05, 3.63) is 43.1 Å².